The van der Waals surface area contributed by atoms with Gasteiger partial charge in [0.1, 0.15) is 29.3 Å². The number of imidazole rings is 2. The van der Waals surface area contributed by atoms with Crippen molar-refractivity contribution in [1.29, 1.82) is 0 Å². The molecule has 4 atom stereocenters. The van der Waals surface area contributed by atoms with E-state index in [9.17, 15) is 19.2 Å². The van der Waals surface area contributed by atoms with Gasteiger partial charge >= 0.3 is 12.2 Å². The molecular formula is C44H58N8O6. The van der Waals surface area contributed by atoms with Crippen LogP contribution in [0, 0.1) is 11.3 Å². The average Bonchev–Trinajstić information content (AvgIpc) is 4.01. The van der Waals surface area contributed by atoms with E-state index in [1.165, 1.54) is 12.0 Å². The minimum Gasteiger partial charge on any atom is -0.453 e. The maximum absolute atomic E-state index is 13.6. The summed E-state index contributed by atoms with van der Waals surface area (Å²) in [6.07, 6.45) is 5.42. The van der Waals surface area contributed by atoms with Gasteiger partial charge in [-0.3, -0.25) is 14.5 Å². The summed E-state index contributed by atoms with van der Waals surface area (Å²) < 4.78 is 10.3. The van der Waals surface area contributed by atoms with Crippen LogP contribution in [0.1, 0.15) is 105 Å². The minimum atomic E-state index is -0.691. The normalized spacial score (nSPS) is 18.2. The molecule has 4 heterocycles. The number of likely N-dealkylation sites (tertiary alicyclic amines) is 2. The summed E-state index contributed by atoms with van der Waals surface area (Å²) in [6.45, 7) is 16.5. The number of nitrogens with one attached hydrogen (secondary N) is 4. The molecule has 0 aliphatic carbocycles. The van der Waals surface area contributed by atoms with Gasteiger partial charge in [-0.25, -0.2) is 19.6 Å². The number of benzene rings is 2. The molecule has 310 valence electrons. The van der Waals surface area contributed by atoms with Crippen molar-refractivity contribution in [3.63, 3.8) is 0 Å². The summed E-state index contributed by atoms with van der Waals surface area (Å²) in [5, 5.41) is 5.89. The van der Waals surface area contributed by atoms with Crippen molar-refractivity contribution in [1.82, 2.24) is 40.4 Å². The van der Waals surface area contributed by atoms with Gasteiger partial charge in [-0.05, 0) is 80.0 Å². The van der Waals surface area contributed by atoms with Crippen molar-refractivity contribution in [3.05, 3.63) is 72.6 Å². The van der Waals surface area contributed by atoms with Crippen molar-refractivity contribution < 1.29 is 28.7 Å². The van der Waals surface area contributed by atoms with Gasteiger partial charge in [0, 0.05) is 13.1 Å². The molecule has 0 spiro atoms. The maximum Gasteiger partial charge on any atom is 0.410 e. The van der Waals surface area contributed by atoms with Crippen LogP contribution in [0.3, 0.4) is 0 Å². The lowest BCUT2D eigenvalue weighted by molar-refractivity contribution is -0.135. The molecule has 0 bridgehead atoms. The van der Waals surface area contributed by atoms with Crippen LogP contribution in [0.25, 0.3) is 33.6 Å². The topological polar surface area (TPSA) is 175 Å². The van der Waals surface area contributed by atoms with E-state index >= 15 is 0 Å². The zero-order valence-electron chi connectivity index (χ0n) is 35.1. The Morgan fingerprint density at radius 3 is 1.88 bits per heavy atom. The van der Waals surface area contributed by atoms with Crippen LogP contribution in [-0.2, 0) is 19.1 Å². The van der Waals surface area contributed by atoms with E-state index < -0.39 is 35.9 Å². The van der Waals surface area contributed by atoms with E-state index in [4.69, 9.17) is 14.5 Å². The van der Waals surface area contributed by atoms with Gasteiger partial charge < -0.3 is 35.0 Å². The molecule has 4 amide bonds. The van der Waals surface area contributed by atoms with Crippen molar-refractivity contribution in [2.24, 2.45) is 11.3 Å². The molecular weight excluding hydrogens is 737 g/mol. The molecule has 2 saturated heterocycles. The number of methoxy groups -OCH3 is 1. The number of alkyl carbamates (subject to hydrolysis) is 1. The molecule has 4 N–H and O–H groups in total. The number of H-pyrrole nitrogens is 2. The van der Waals surface area contributed by atoms with E-state index in [0.29, 0.717) is 25.3 Å². The summed E-state index contributed by atoms with van der Waals surface area (Å²) in [5.41, 5.74) is 4.69. The van der Waals surface area contributed by atoms with Crippen molar-refractivity contribution in [2.75, 3.05) is 20.2 Å². The predicted molar refractivity (Wildman–Crippen MR) is 221 cm³/mol. The van der Waals surface area contributed by atoms with Gasteiger partial charge in [0.05, 0.1) is 43.0 Å². The Morgan fingerprint density at radius 2 is 1.31 bits per heavy atom. The van der Waals surface area contributed by atoms with Crippen LogP contribution in [0.15, 0.2) is 60.9 Å². The molecule has 2 aromatic heterocycles. The molecule has 14 nitrogen and oxygen atoms in total. The van der Waals surface area contributed by atoms with Crippen molar-refractivity contribution in [3.8, 4) is 33.6 Å². The highest BCUT2D eigenvalue weighted by Crippen LogP contribution is 2.35. The molecule has 2 aliphatic heterocycles. The number of aromatic amines is 2. The number of amides is 4. The van der Waals surface area contributed by atoms with Gasteiger partial charge in [-0.15, -0.1) is 0 Å². The van der Waals surface area contributed by atoms with E-state index in [1.54, 1.807) is 17.3 Å². The van der Waals surface area contributed by atoms with E-state index in [0.717, 1.165) is 58.7 Å². The lowest BCUT2D eigenvalue weighted by atomic mass is 9.86. The fraction of sp³-hybridized carbons (Fsp3) is 0.500. The fourth-order valence-electron chi connectivity index (χ4n) is 7.67. The smallest absolute Gasteiger partial charge is 0.410 e. The zero-order chi connectivity index (χ0) is 41.9. The SMILES string of the molecule is COC(=O)N[C@H](C(=O)N1CCC[C@H]1c1ncc(-c2ccc(-c3ccc(-c4cnc([C@@H](NC(=O)[C@@H]5CCCN5C(=O)OC(C)(C)C)C(C)(C)C)[nH]4)cc3)cc2)[nH]1)C(C)C. The fourth-order valence-corrected chi connectivity index (χ4v) is 7.67. The van der Waals surface area contributed by atoms with Crippen LogP contribution in [0.4, 0.5) is 9.59 Å². The highest BCUT2D eigenvalue weighted by Gasteiger charge is 2.40. The van der Waals surface area contributed by atoms with E-state index in [2.05, 4.69) is 70.6 Å². The lowest BCUT2D eigenvalue weighted by Gasteiger charge is -2.33. The molecule has 14 heteroatoms. The number of rotatable bonds is 10. The summed E-state index contributed by atoms with van der Waals surface area (Å²) in [4.78, 5) is 71.6. The van der Waals surface area contributed by atoms with Crippen LogP contribution < -0.4 is 10.6 Å². The third-order valence-electron chi connectivity index (χ3n) is 10.8. The number of carbonyl (C=O) groups excluding carboxylic acids is 4. The van der Waals surface area contributed by atoms with Gasteiger partial charge in [0.15, 0.2) is 0 Å². The molecule has 58 heavy (non-hydrogen) atoms. The number of carbonyl (C=O) groups is 4. The van der Waals surface area contributed by atoms with Gasteiger partial charge in [-0.1, -0.05) is 83.1 Å². The zero-order valence-corrected chi connectivity index (χ0v) is 35.1. The first-order chi connectivity index (χ1) is 27.4. The number of hydrogen-bond acceptors (Lipinski definition) is 8. The second-order valence-electron chi connectivity index (χ2n) is 17.7. The molecule has 2 aliphatic rings. The molecule has 2 aromatic carbocycles. The Balaban J connectivity index is 1.11. The molecule has 0 unspecified atom stereocenters. The summed E-state index contributed by atoms with van der Waals surface area (Å²) in [6, 6.07) is 14.5. The number of ether oxygens (including phenoxy) is 2. The second-order valence-corrected chi connectivity index (χ2v) is 17.7. The van der Waals surface area contributed by atoms with Gasteiger partial charge in [-0.2, -0.15) is 0 Å². The Morgan fingerprint density at radius 1 is 0.759 bits per heavy atom. The Labute approximate surface area is 340 Å². The number of hydrogen-bond donors (Lipinski definition) is 4. The third-order valence-corrected chi connectivity index (χ3v) is 10.8. The highest BCUT2D eigenvalue weighted by molar-refractivity contribution is 5.87. The standard InChI is InChI=1S/C44H58N8O6/c1-26(2)35(49-41(55)57-9)40(54)51-22-10-12-33(51)37-45-24-31(47-37)29-18-14-27(15-19-29)28-16-20-30(21-17-28)32-25-46-38(48-32)36(43(3,4)5)50-39(53)34-13-11-23-52(34)42(56)58-44(6,7)8/h14-21,24-26,33-36H,10-13,22-23H2,1-9H3,(H,45,47)(H,46,48)(H,49,55)(H,50,53)/t33-,34-,35-,36+/m0/s1. The summed E-state index contributed by atoms with van der Waals surface area (Å²) >= 11 is 0. The maximum atomic E-state index is 13.6. The molecule has 6 rings (SSSR count). The predicted octanol–water partition coefficient (Wildman–Crippen LogP) is 7.78. The monoisotopic (exact) mass is 794 g/mol. The Bertz CT molecular complexity index is 2080. The van der Waals surface area contributed by atoms with Crippen molar-refractivity contribution >= 4 is 24.0 Å². The first kappa shape index (κ1) is 42.0. The van der Waals surface area contributed by atoms with Crippen LogP contribution in [-0.4, -0.2) is 91.6 Å². The second kappa shape index (κ2) is 17.1. The molecule has 0 saturated carbocycles. The van der Waals surface area contributed by atoms with Gasteiger partial charge in [0.2, 0.25) is 11.8 Å². The van der Waals surface area contributed by atoms with E-state index in [1.807, 2.05) is 58.9 Å². The van der Waals surface area contributed by atoms with Crippen molar-refractivity contribution in [2.45, 2.75) is 111 Å². The largest absolute Gasteiger partial charge is 0.453 e. The van der Waals surface area contributed by atoms with Crippen LogP contribution in [0.5, 0.6) is 0 Å². The Hall–Kier alpha value is -5.66. The third kappa shape index (κ3) is 9.54. The lowest BCUT2D eigenvalue weighted by Crippen LogP contribution is -2.51. The summed E-state index contributed by atoms with van der Waals surface area (Å²) in [5.74, 6) is 0.891. The molecule has 0 radical (unpaired) electrons. The first-order valence-electron chi connectivity index (χ1n) is 20.2. The average molecular weight is 795 g/mol. The highest BCUT2D eigenvalue weighted by atomic mass is 16.6. The Kier molecular flexibility index (Phi) is 12.3. The van der Waals surface area contributed by atoms with Crippen LogP contribution >= 0.6 is 0 Å². The number of aromatic nitrogens is 4. The molecule has 4 aromatic rings. The quantitative estimate of drug-likeness (QED) is 0.126. The summed E-state index contributed by atoms with van der Waals surface area (Å²) in [7, 11) is 1.29. The van der Waals surface area contributed by atoms with Crippen LogP contribution in [0.2, 0.25) is 0 Å². The molecule has 2 fully saturated rings. The first-order valence-corrected chi connectivity index (χ1v) is 20.2. The van der Waals surface area contributed by atoms with Gasteiger partial charge in [0.25, 0.3) is 0 Å². The number of nitrogens with zero attached hydrogens (tertiary/aromatic N) is 4. The van der Waals surface area contributed by atoms with E-state index in [-0.39, 0.29) is 29.2 Å². The minimum absolute atomic E-state index is 0.107.